The van der Waals surface area contributed by atoms with Crippen molar-refractivity contribution in [1.82, 2.24) is 4.72 Å². The number of sulfonamides is 1. The van der Waals surface area contributed by atoms with Crippen LogP contribution < -0.4 is 9.62 Å². The van der Waals surface area contributed by atoms with E-state index in [0.717, 1.165) is 19.3 Å². The standard InChI is InChI=1S/C14H19FN2O3S/c1-17(2)11-6-7-12(13(15)8-11)14(18)16-21(19,20)9-10-4-3-5-10/h6-8,10H,3-5,9H2,1-2H3,(H,16,18). The number of nitrogens with zero attached hydrogens (tertiary/aromatic N) is 1. The molecule has 0 aromatic heterocycles. The van der Waals surface area contributed by atoms with Gasteiger partial charge in [-0.15, -0.1) is 0 Å². The van der Waals surface area contributed by atoms with Crippen LogP contribution >= 0.6 is 0 Å². The Balaban J connectivity index is 2.09. The van der Waals surface area contributed by atoms with Crippen LogP contribution in [-0.4, -0.2) is 34.2 Å². The van der Waals surface area contributed by atoms with Gasteiger partial charge < -0.3 is 4.90 Å². The first kappa shape index (κ1) is 15.8. The van der Waals surface area contributed by atoms with E-state index in [-0.39, 0.29) is 17.2 Å². The van der Waals surface area contributed by atoms with Crippen molar-refractivity contribution >= 4 is 21.6 Å². The number of amides is 1. The molecule has 0 radical (unpaired) electrons. The summed E-state index contributed by atoms with van der Waals surface area (Å²) in [4.78, 5) is 13.6. The summed E-state index contributed by atoms with van der Waals surface area (Å²) in [5.74, 6) is -1.62. The van der Waals surface area contributed by atoms with Crippen LogP contribution in [0.1, 0.15) is 29.6 Å². The van der Waals surface area contributed by atoms with Crippen molar-refractivity contribution < 1.29 is 17.6 Å². The molecule has 2 rings (SSSR count). The Morgan fingerprint density at radius 1 is 1.38 bits per heavy atom. The maximum Gasteiger partial charge on any atom is 0.267 e. The monoisotopic (exact) mass is 314 g/mol. The molecule has 0 aliphatic heterocycles. The first-order valence-electron chi connectivity index (χ1n) is 6.80. The van der Waals surface area contributed by atoms with Gasteiger partial charge in [-0.1, -0.05) is 6.42 Å². The van der Waals surface area contributed by atoms with Gasteiger partial charge in [0, 0.05) is 19.8 Å². The zero-order chi connectivity index (χ0) is 15.6. The highest BCUT2D eigenvalue weighted by molar-refractivity contribution is 7.90. The van der Waals surface area contributed by atoms with Crippen molar-refractivity contribution in [3.8, 4) is 0 Å². The molecule has 1 saturated carbocycles. The van der Waals surface area contributed by atoms with Gasteiger partial charge in [0.15, 0.2) is 0 Å². The Hall–Kier alpha value is -1.63. The van der Waals surface area contributed by atoms with Crippen LogP contribution in [0.2, 0.25) is 0 Å². The van der Waals surface area contributed by atoms with Crippen molar-refractivity contribution in [3.05, 3.63) is 29.6 Å². The molecule has 5 nitrogen and oxygen atoms in total. The fourth-order valence-corrected chi connectivity index (χ4v) is 3.60. The number of rotatable bonds is 5. The molecule has 1 aromatic carbocycles. The quantitative estimate of drug-likeness (QED) is 0.899. The SMILES string of the molecule is CN(C)c1ccc(C(=O)NS(=O)(=O)CC2CCC2)c(F)c1. The number of halogens is 1. The van der Waals surface area contributed by atoms with Gasteiger partial charge in [0.05, 0.1) is 11.3 Å². The van der Waals surface area contributed by atoms with Crippen LogP contribution in [0.5, 0.6) is 0 Å². The van der Waals surface area contributed by atoms with Gasteiger partial charge in [0.2, 0.25) is 10.0 Å². The summed E-state index contributed by atoms with van der Waals surface area (Å²) < 4.78 is 39.5. The van der Waals surface area contributed by atoms with E-state index in [1.165, 1.54) is 12.1 Å². The molecule has 0 atom stereocenters. The molecule has 0 unspecified atom stereocenters. The topological polar surface area (TPSA) is 66.5 Å². The van der Waals surface area contributed by atoms with Crippen LogP contribution in [0.15, 0.2) is 18.2 Å². The molecule has 0 saturated heterocycles. The van der Waals surface area contributed by atoms with Crippen LogP contribution in [0.25, 0.3) is 0 Å². The second-order valence-corrected chi connectivity index (χ2v) is 7.34. The average Bonchev–Trinajstić information content (AvgIpc) is 2.33. The molecule has 1 aliphatic rings. The Morgan fingerprint density at radius 2 is 2.05 bits per heavy atom. The minimum Gasteiger partial charge on any atom is -0.378 e. The molecule has 1 N–H and O–H groups in total. The molecule has 1 aliphatic carbocycles. The van der Waals surface area contributed by atoms with Gasteiger partial charge in [-0.2, -0.15) is 0 Å². The van der Waals surface area contributed by atoms with Crippen molar-refractivity contribution in [1.29, 1.82) is 0 Å². The number of carbonyl (C=O) groups excluding carboxylic acids is 1. The number of hydrogen-bond acceptors (Lipinski definition) is 4. The van der Waals surface area contributed by atoms with Crippen LogP contribution in [0.3, 0.4) is 0 Å². The first-order valence-corrected chi connectivity index (χ1v) is 8.45. The second-order valence-electron chi connectivity index (χ2n) is 5.57. The highest BCUT2D eigenvalue weighted by atomic mass is 32.2. The predicted octanol–water partition coefficient (Wildman–Crippen LogP) is 1.75. The summed E-state index contributed by atoms with van der Waals surface area (Å²) in [6.07, 6.45) is 2.75. The zero-order valence-electron chi connectivity index (χ0n) is 12.1. The first-order chi connectivity index (χ1) is 9.78. The van der Waals surface area contributed by atoms with E-state index in [1.54, 1.807) is 25.1 Å². The van der Waals surface area contributed by atoms with E-state index >= 15 is 0 Å². The molecule has 7 heteroatoms. The normalized spacial score (nSPS) is 15.4. The summed E-state index contributed by atoms with van der Waals surface area (Å²) in [7, 11) is -0.214. The maximum atomic E-state index is 13.9. The van der Waals surface area contributed by atoms with Crippen molar-refractivity contribution in [3.63, 3.8) is 0 Å². The summed E-state index contributed by atoms with van der Waals surface area (Å²) in [5.41, 5.74) is 0.333. The lowest BCUT2D eigenvalue weighted by Crippen LogP contribution is -2.36. The molecular formula is C14H19FN2O3S. The number of carbonyl (C=O) groups is 1. The van der Waals surface area contributed by atoms with Crippen molar-refractivity contribution in [2.24, 2.45) is 5.92 Å². The van der Waals surface area contributed by atoms with Crippen molar-refractivity contribution in [2.75, 3.05) is 24.7 Å². The second kappa shape index (κ2) is 6.01. The molecular weight excluding hydrogens is 295 g/mol. The predicted molar refractivity (Wildman–Crippen MR) is 79.3 cm³/mol. The number of benzene rings is 1. The Morgan fingerprint density at radius 3 is 2.52 bits per heavy atom. The number of anilines is 1. The highest BCUT2D eigenvalue weighted by Gasteiger charge is 2.26. The van der Waals surface area contributed by atoms with E-state index < -0.39 is 21.7 Å². The largest absolute Gasteiger partial charge is 0.378 e. The molecule has 1 amide bonds. The third kappa shape index (κ3) is 3.93. The van der Waals surface area contributed by atoms with Gasteiger partial charge >= 0.3 is 0 Å². The van der Waals surface area contributed by atoms with E-state index in [1.807, 2.05) is 4.72 Å². The van der Waals surface area contributed by atoms with E-state index in [0.29, 0.717) is 5.69 Å². The molecule has 116 valence electrons. The van der Waals surface area contributed by atoms with Crippen LogP contribution in [0, 0.1) is 11.7 Å². The maximum absolute atomic E-state index is 13.9. The summed E-state index contributed by atoms with van der Waals surface area (Å²) >= 11 is 0. The van der Waals surface area contributed by atoms with Crippen LogP contribution in [-0.2, 0) is 10.0 Å². The van der Waals surface area contributed by atoms with Gasteiger partial charge in [-0.3, -0.25) is 4.79 Å². The molecule has 0 heterocycles. The zero-order valence-corrected chi connectivity index (χ0v) is 12.9. The van der Waals surface area contributed by atoms with E-state index in [4.69, 9.17) is 0 Å². The summed E-state index contributed by atoms with van der Waals surface area (Å²) in [6.45, 7) is 0. The minimum atomic E-state index is -3.71. The minimum absolute atomic E-state index is 0.0733. The van der Waals surface area contributed by atoms with Gasteiger partial charge in [0.1, 0.15) is 5.82 Å². The molecule has 0 bridgehead atoms. The molecule has 21 heavy (non-hydrogen) atoms. The Labute approximate surface area is 124 Å². The van der Waals surface area contributed by atoms with Gasteiger partial charge in [-0.05, 0) is 37.0 Å². The summed E-state index contributed by atoms with van der Waals surface area (Å²) in [5, 5.41) is 0. The lowest BCUT2D eigenvalue weighted by atomic mass is 9.87. The molecule has 1 fully saturated rings. The third-order valence-corrected chi connectivity index (χ3v) is 5.05. The third-order valence-electron chi connectivity index (χ3n) is 3.64. The molecule has 0 spiro atoms. The molecule has 1 aromatic rings. The fourth-order valence-electron chi connectivity index (χ4n) is 2.17. The van der Waals surface area contributed by atoms with Gasteiger partial charge in [0.25, 0.3) is 5.91 Å². The fraction of sp³-hybridized carbons (Fsp3) is 0.500. The lowest BCUT2D eigenvalue weighted by Gasteiger charge is -2.24. The average molecular weight is 314 g/mol. The Bertz CT molecular complexity index is 640. The number of hydrogen-bond donors (Lipinski definition) is 1. The van der Waals surface area contributed by atoms with Gasteiger partial charge in [-0.25, -0.2) is 17.5 Å². The smallest absolute Gasteiger partial charge is 0.267 e. The lowest BCUT2D eigenvalue weighted by molar-refractivity contribution is 0.0977. The Kier molecular flexibility index (Phi) is 4.51. The number of nitrogens with one attached hydrogen (secondary N) is 1. The van der Waals surface area contributed by atoms with Crippen LogP contribution in [0.4, 0.5) is 10.1 Å². The van der Waals surface area contributed by atoms with E-state index in [9.17, 15) is 17.6 Å². The van der Waals surface area contributed by atoms with Crippen molar-refractivity contribution in [2.45, 2.75) is 19.3 Å². The summed E-state index contributed by atoms with van der Waals surface area (Å²) in [6, 6.07) is 4.06. The highest BCUT2D eigenvalue weighted by Crippen LogP contribution is 2.27. The van der Waals surface area contributed by atoms with E-state index in [2.05, 4.69) is 0 Å².